The third-order valence-corrected chi connectivity index (χ3v) is 5.43. The Bertz CT molecular complexity index is 1310. The van der Waals surface area contributed by atoms with Gasteiger partial charge in [0.05, 0.1) is 18.1 Å². The first-order valence-electron chi connectivity index (χ1n) is 10.1. The van der Waals surface area contributed by atoms with Crippen molar-refractivity contribution < 1.29 is 4.74 Å². The molecule has 0 atom stereocenters. The smallest absolute Gasteiger partial charge is 0.349 e. The van der Waals surface area contributed by atoms with Crippen molar-refractivity contribution >= 4 is 11.0 Å². The minimum Gasteiger partial charge on any atom is -0.497 e. The van der Waals surface area contributed by atoms with Crippen molar-refractivity contribution in [3.63, 3.8) is 0 Å². The summed E-state index contributed by atoms with van der Waals surface area (Å²) in [5.74, 6) is 1.15. The highest BCUT2D eigenvalue weighted by atomic mass is 16.5. The van der Waals surface area contributed by atoms with Gasteiger partial charge in [-0.2, -0.15) is 4.98 Å². The van der Waals surface area contributed by atoms with Crippen LogP contribution >= 0.6 is 0 Å². The number of hydrogen-bond acceptors (Lipinski definition) is 5. The number of nitrogens with zero attached hydrogens (tertiary/aromatic N) is 3. The van der Waals surface area contributed by atoms with Crippen LogP contribution in [0.3, 0.4) is 0 Å². The highest BCUT2D eigenvalue weighted by Gasteiger charge is 2.19. The van der Waals surface area contributed by atoms with Gasteiger partial charge in [-0.1, -0.05) is 19.1 Å². The molecule has 2 aromatic rings. The molecule has 0 bridgehead atoms. The van der Waals surface area contributed by atoms with Crippen molar-refractivity contribution in [2.45, 2.75) is 39.7 Å². The first-order valence-corrected chi connectivity index (χ1v) is 10.1. The van der Waals surface area contributed by atoms with E-state index in [1.807, 2.05) is 28.8 Å². The Morgan fingerprint density at radius 3 is 2.73 bits per heavy atom. The van der Waals surface area contributed by atoms with Gasteiger partial charge in [-0.05, 0) is 67.1 Å². The molecule has 0 amide bonds. The molecule has 30 heavy (non-hydrogen) atoms. The van der Waals surface area contributed by atoms with Crippen LogP contribution in [0.2, 0.25) is 0 Å². The normalized spacial score (nSPS) is 11.3. The lowest BCUT2D eigenvalue weighted by Gasteiger charge is -2.18. The lowest BCUT2D eigenvalue weighted by Crippen LogP contribution is -2.29. The van der Waals surface area contributed by atoms with Gasteiger partial charge in [0.15, 0.2) is 11.5 Å². The summed E-state index contributed by atoms with van der Waals surface area (Å²) in [6.07, 6.45) is 2.52. The zero-order valence-electron chi connectivity index (χ0n) is 17.4. The van der Waals surface area contributed by atoms with Crippen LogP contribution in [0.4, 0.5) is 0 Å². The largest absolute Gasteiger partial charge is 0.497 e. The summed E-state index contributed by atoms with van der Waals surface area (Å²) in [6, 6.07) is 12.1. The van der Waals surface area contributed by atoms with Gasteiger partial charge in [0.2, 0.25) is 0 Å². The molecule has 0 saturated heterocycles. The Morgan fingerprint density at radius 1 is 1.13 bits per heavy atom. The average molecular weight is 404 g/mol. The second-order valence-corrected chi connectivity index (χ2v) is 7.38. The molecule has 0 radical (unpaired) electrons. The molecule has 2 aliphatic heterocycles. The van der Waals surface area contributed by atoms with Gasteiger partial charge in [0.1, 0.15) is 5.75 Å². The molecule has 0 saturated carbocycles. The molecule has 1 N–H and O–H groups in total. The van der Waals surface area contributed by atoms with Crippen LogP contribution in [0.25, 0.3) is 22.6 Å². The van der Waals surface area contributed by atoms with Crippen molar-refractivity contribution in [3.8, 4) is 17.3 Å². The maximum Gasteiger partial charge on any atom is 0.349 e. The Hall–Kier alpha value is -3.48. The van der Waals surface area contributed by atoms with Gasteiger partial charge >= 0.3 is 5.69 Å². The second-order valence-electron chi connectivity index (χ2n) is 7.38. The molecule has 2 aliphatic rings. The number of aromatic amines is 1. The Kier molecular flexibility index (Phi) is 5.35. The molecule has 2 aromatic carbocycles. The fourth-order valence-corrected chi connectivity index (χ4v) is 3.87. The standard InChI is InChI=1S/C23H24N4O3/c1-4-16-13-18-19(11-14(16)2)27(21-20(24-18)22(28)26-23(29)25-21)10-6-8-15-7-5-9-17(12-15)30-3/h5,7,9,11-13H,4,6,8,10H2,1-3H3,(H,26,28,29). The number of benzene rings is 2. The highest BCUT2D eigenvalue weighted by Crippen LogP contribution is 2.25. The molecule has 7 nitrogen and oxygen atoms in total. The third-order valence-electron chi connectivity index (χ3n) is 5.43. The lowest BCUT2D eigenvalue weighted by molar-refractivity contribution is 0.414. The molecular weight excluding hydrogens is 380 g/mol. The van der Waals surface area contributed by atoms with E-state index in [9.17, 15) is 9.59 Å². The van der Waals surface area contributed by atoms with Crippen LogP contribution in [0, 0.1) is 6.92 Å². The summed E-state index contributed by atoms with van der Waals surface area (Å²) in [5.41, 5.74) is 4.13. The first-order chi connectivity index (χ1) is 14.5. The van der Waals surface area contributed by atoms with Crippen molar-refractivity contribution in [2.75, 3.05) is 7.11 Å². The summed E-state index contributed by atoms with van der Waals surface area (Å²) in [6.45, 7) is 4.76. The Labute approximate surface area is 173 Å². The van der Waals surface area contributed by atoms with E-state index >= 15 is 0 Å². The number of ether oxygens (including phenoxy) is 1. The van der Waals surface area contributed by atoms with E-state index in [4.69, 9.17) is 4.74 Å². The summed E-state index contributed by atoms with van der Waals surface area (Å²) >= 11 is 0. The van der Waals surface area contributed by atoms with Crippen LogP contribution in [0.1, 0.15) is 30.0 Å². The van der Waals surface area contributed by atoms with Crippen LogP contribution in [0.15, 0.2) is 46.0 Å². The second kappa shape index (κ2) is 8.10. The summed E-state index contributed by atoms with van der Waals surface area (Å²) < 4.78 is 7.25. The monoisotopic (exact) mass is 404 g/mol. The van der Waals surface area contributed by atoms with E-state index in [2.05, 4.69) is 40.9 Å². The lowest BCUT2D eigenvalue weighted by atomic mass is 10.0. The van der Waals surface area contributed by atoms with E-state index in [1.54, 1.807) is 7.11 Å². The van der Waals surface area contributed by atoms with Gasteiger partial charge in [-0.15, -0.1) is 0 Å². The third kappa shape index (κ3) is 3.70. The van der Waals surface area contributed by atoms with Gasteiger partial charge in [0, 0.05) is 6.54 Å². The van der Waals surface area contributed by atoms with Crippen LogP contribution in [-0.2, 0) is 19.4 Å². The van der Waals surface area contributed by atoms with Crippen LogP contribution < -0.4 is 16.0 Å². The van der Waals surface area contributed by atoms with Crippen molar-refractivity contribution in [2.24, 2.45) is 0 Å². The summed E-state index contributed by atoms with van der Waals surface area (Å²) in [7, 11) is 1.65. The maximum atomic E-state index is 12.4. The molecule has 4 rings (SSSR count). The highest BCUT2D eigenvalue weighted by molar-refractivity contribution is 5.81. The van der Waals surface area contributed by atoms with E-state index < -0.39 is 11.2 Å². The average Bonchev–Trinajstić information content (AvgIpc) is 2.74. The maximum absolute atomic E-state index is 12.4. The minimum absolute atomic E-state index is 0.189. The predicted octanol–water partition coefficient (Wildman–Crippen LogP) is 3.10. The molecule has 0 spiro atoms. The van der Waals surface area contributed by atoms with Crippen LogP contribution in [0.5, 0.6) is 5.75 Å². The molecule has 2 heterocycles. The van der Waals surface area contributed by atoms with E-state index in [0.717, 1.165) is 47.2 Å². The van der Waals surface area contributed by atoms with E-state index in [1.165, 1.54) is 5.56 Å². The predicted molar refractivity (Wildman–Crippen MR) is 116 cm³/mol. The molecule has 154 valence electrons. The number of aromatic nitrogens is 4. The first kappa shape index (κ1) is 19.8. The van der Waals surface area contributed by atoms with Crippen molar-refractivity contribution in [1.82, 2.24) is 19.5 Å². The molecule has 0 aromatic heterocycles. The number of hydrogen-bond donors (Lipinski definition) is 1. The molecule has 0 unspecified atom stereocenters. The van der Waals surface area contributed by atoms with Crippen LogP contribution in [-0.4, -0.2) is 26.6 Å². The number of rotatable bonds is 6. The fourth-order valence-electron chi connectivity index (χ4n) is 3.87. The zero-order chi connectivity index (χ0) is 21.3. The van der Waals surface area contributed by atoms with E-state index in [0.29, 0.717) is 12.4 Å². The molecule has 0 fully saturated rings. The van der Waals surface area contributed by atoms with Crippen molar-refractivity contribution in [1.29, 1.82) is 0 Å². The number of nitrogens with one attached hydrogen (secondary N) is 1. The number of methoxy groups -OCH3 is 1. The molecule has 0 aliphatic carbocycles. The number of H-pyrrole nitrogens is 1. The topological polar surface area (TPSA) is 89.9 Å². The fraction of sp³-hybridized carbons (Fsp3) is 0.304. The van der Waals surface area contributed by atoms with E-state index in [-0.39, 0.29) is 5.69 Å². The number of aryl methyl sites for hydroxylation is 4. The zero-order valence-corrected chi connectivity index (χ0v) is 17.4. The van der Waals surface area contributed by atoms with Crippen molar-refractivity contribution in [3.05, 3.63) is 73.9 Å². The van der Waals surface area contributed by atoms with Gasteiger partial charge < -0.3 is 9.30 Å². The Morgan fingerprint density at radius 2 is 1.97 bits per heavy atom. The van der Waals surface area contributed by atoms with Gasteiger partial charge in [0.25, 0.3) is 5.56 Å². The summed E-state index contributed by atoms with van der Waals surface area (Å²) in [5, 5.41) is 0. The van der Waals surface area contributed by atoms with Gasteiger partial charge in [-0.25, -0.2) is 9.78 Å². The molecular formula is C23H24N4O3. The Balaban J connectivity index is 1.79. The van der Waals surface area contributed by atoms with Gasteiger partial charge in [-0.3, -0.25) is 9.78 Å². The molecule has 7 heteroatoms. The quantitative estimate of drug-likeness (QED) is 0.499. The SMILES string of the molecule is CCc1cc2nc3c(=O)[nH]c(=O)nc-3n(CCCc3cccc(OC)c3)c2cc1C. The summed E-state index contributed by atoms with van der Waals surface area (Å²) in [4.78, 5) is 35.1. The minimum atomic E-state index is -0.655. The number of fused-ring (bicyclic) bond motifs is 2.